The van der Waals surface area contributed by atoms with Crippen molar-refractivity contribution in [1.29, 1.82) is 0 Å². The van der Waals surface area contributed by atoms with Crippen LogP contribution in [0.2, 0.25) is 0 Å². The molecule has 1 aromatic rings. The zero-order valence-corrected chi connectivity index (χ0v) is 11.9. The normalized spacial score (nSPS) is 21.1. The molecule has 2 rings (SSSR count). The van der Waals surface area contributed by atoms with E-state index in [1.165, 1.54) is 24.3 Å². The van der Waals surface area contributed by atoms with Gasteiger partial charge in [0.05, 0.1) is 11.5 Å². The van der Waals surface area contributed by atoms with Gasteiger partial charge in [-0.1, -0.05) is 0 Å². The van der Waals surface area contributed by atoms with Gasteiger partial charge in [-0.3, -0.25) is 0 Å². The molecule has 4 nitrogen and oxygen atoms in total. The van der Waals surface area contributed by atoms with Crippen LogP contribution in [0.4, 0.5) is 14.5 Å². The van der Waals surface area contributed by atoms with Gasteiger partial charge >= 0.3 is 5.76 Å². The highest BCUT2D eigenvalue weighted by molar-refractivity contribution is 7.91. The van der Waals surface area contributed by atoms with Crippen LogP contribution < -0.4 is 5.32 Å². The molecule has 2 atom stereocenters. The predicted octanol–water partition coefficient (Wildman–Crippen LogP) is 2.52. The van der Waals surface area contributed by atoms with E-state index in [0.29, 0.717) is 18.2 Å². The van der Waals surface area contributed by atoms with Gasteiger partial charge in [-0.15, -0.1) is 0 Å². The monoisotopic (exact) mass is 305 g/mol. The summed E-state index contributed by atoms with van der Waals surface area (Å²) in [5.41, 5.74) is 0.706. The Labute approximate surface area is 117 Å². The molecule has 1 N–H and O–H groups in total. The lowest BCUT2D eigenvalue weighted by molar-refractivity contribution is 0.183. The first-order chi connectivity index (χ1) is 9.41. The smallest absolute Gasteiger partial charge is 0.341 e. The Hall–Kier alpha value is -1.21. The first-order valence-electron chi connectivity index (χ1n) is 6.37. The Balaban J connectivity index is 2.05. The lowest BCUT2D eigenvalue weighted by atomic mass is 10.0. The van der Waals surface area contributed by atoms with Crippen LogP contribution in [-0.2, 0) is 14.6 Å². The molecule has 0 amide bonds. The Morgan fingerprint density at radius 2 is 1.95 bits per heavy atom. The van der Waals surface area contributed by atoms with E-state index in [-0.39, 0.29) is 10.9 Å². The highest BCUT2D eigenvalue weighted by Gasteiger charge is 2.26. The predicted molar refractivity (Wildman–Crippen MR) is 71.6 cm³/mol. The first-order valence-corrected chi connectivity index (χ1v) is 7.92. The summed E-state index contributed by atoms with van der Waals surface area (Å²) in [6.45, 7) is 3.47. The minimum Gasteiger partial charge on any atom is -0.382 e. The average molecular weight is 305 g/mol. The van der Waals surface area contributed by atoms with Crippen molar-refractivity contribution in [2.24, 2.45) is 5.92 Å². The molecule has 1 aliphatic rings. The molecule has 0 aliphatic carbocycles. The molecule has 1 aromatic carbocycles. The Morgan fingerprint density at radius 1 is 1.30 bits per heavy atom. The quantitative estimate of drug-likeness (QED) is 0.908. The molecular formula is C13H17F2NO3S. The van der Waals surface area contributed by atoms with Gasteiger partial charge in [0.2, 0.25) is 9.84 Å². The lowest BCUT2D eigenvalue weighted by Gasteiger charge is -2.20. The fourth-order valence-corrected chi connectivity index (χ4v) is 2.89. The van der Waals surface area contributed by atoms with Gasteiger partial charge < -0.3 is 10.1 Å². The molecule has 0 bridgehead atoms. The number of halogens is 2. The van der Waals surface area contributed by atoms with Crippen molar-refractivity contribution < 1.29 is 21.9 Å². The summed E-state index contributed by atoms with van der Waals surface area (Å²) < 4.78 is 52.7. The number of sulfone groups is 1. The van der Waals surface area contributed by atoms with E-state index >= 15 is 0 Å². The maximum atomic E-state index is 12.4. The molecule has 1 saturated heterocycles. The van der Waals surface area contributed by atoms with E-state index in [4.69, 9.17) is 4.74 Å². The van der Waals surface area contributed by atoms with E-state index < -0.39 is 15.6 Å². The van der Waals surface area contributed by atoms with Crippen LogP contribution in [0.25, 0.3) is 0 Å². The molecule has 2 unspecified atom stereocenters. The lowest BCUT2D eigenvalue weighted by Crippen LogP contribution is -2.26. The molecule has 0 radical (unpaired) electrons. The summed E-state index contributed by atoms with van der Waals surface area (Å²) in [6, 6.07) is 5.57. The maximum Gasteiger partial charge on any atom is 0.341 e. The highest BCUT2D eigenvalue weighted by atomic mass is 32.2. The number of rotatable bonds is 5. The number of benzene rings is 1. The molecular weight excluding hydrogens is 288 g/mol. The third kappa shape index (κ3) is 3.27. The van der Waals surface area contributed by atoms with Crippen LogP contribution in [0.5, 0.6) is 0 Å². The molecule has 1 aliphatic heterocycles. The van der Waals surface area contributed by atoms with Crippen LogP contribution in [-0.4, -0.2) is 33.4 Å². The number of hydrogen-bond acceptors (Lipinski definition) is 4. The Bertz CT molecular complexity index is 539. The summed E-state index contributed by atoms with van der Waals surface area (Å²) in [5.74, 6) is -2.99. The van der Waals surface area contributed by atoms with Gasteiger partial charge in [0.25, 0.3) is 0 Å². The zero-order chi connectivity index (χ0) is 14.8. The number of anilines is 1. The summed E-state index contributed by atoms with van der Waals surface area (Å²) in [7, 11) is -4.52. The second-order valence-corrected chi connectivity index (χ2v) is 6.80. The van der Waals surface area contributed by atoms with E-state index in [1.54, 1.807) is 0 Å². The fraction of sp³-hybridized carbons (Fsp3) is 0.538. The van der Waals surface area contributed by atoms with Crippen molar-refractivity contribution in [3.05, 3.63) is 24.3 Å². The number of ether oxygens (including phenoxy) is 1. The second kappa shape index (κ2) is 6.05. The van der Waals surface area contributed by atoms with E-state index in [0.717, 1.165) is 13.0 Å². The third-order valence-corrected chi connectivity index (χ3v) is 4.88. The number of alkyl halides is 2. The fourth-order valence-electron chi connectivity index (χ4n) is 2.17. The first kappa shape index (κ1) is 15.2. The molecule has 1 heterocycles. The average Bonchev–Trinajstić information content (AvgIpc) is 2.93. The van der Waals surface area contributed by atoms with Gasteiger partial charge in [-0.05, 0) is 37.6 Å². The largest absolute Gasteiger partial charge is 0.382 e. The van der Waals surface area contributed by atoms with Crippen molar-refractivity contribution in [2.75, 3.05) is 18.5 Å². The molecule has 0 saturated carbocycles. The second-order valence-electron chi connectivity index (χ2n) is 4.89. The summed E-state index contributed by atoms with van der Waals surface area (Å²) >= 11 is 0. The van der Waals surface area contributed by atoms with Gasteiger partial charge in [-0.2, -0.15) is 8.78 Å². The Morgan fingerprint density at radius 3 is 2.45 bits per heavy atom. The summed E-state index contributed by atoms with van der Waals surface area (Å²) in [4.78, 5) is -0.366. The molecule has 1 fully saturated rings. The van der Waals surface area contributed by atoms with Crippen molar-refractivity contribution in [2.45, 2.75) is 30.0 Å². The summed E-state index contributed by atoms with van der Waals surface area (Å²) in [5, 5.41) is 3.23. The minimum atomic E-state index is -4.52. The molecule has 0 aromatic heterocycles. The number of hydrogen-bond donors (Lipinski definition) is 1. The van der Waals surface area contributed by atoms with Crippen molar-refractivity contribution in [3.8, 4) is 0 Å². The van der Waals surface area contributed by atoms with Crippen LogP contribution in [0.15, 0.2) is 29.2 Å². The van der Waals surface area contributed by atoms with E-state index in [9.17, 15) is 17.2 Å². The maximum absolute atomic E-state index is 12.4. The SMILES string of the molecule is CC(Nc1ccc(S(=O)(=O)C(F)F)cc1)C1CCOC1. The molecule has 7 heteroatoms. The zero-order valence-electron chi connectivity index (χ0n) is 11.1. The van der Waals surface area contributed by atoms with Crippen LogP contribution in [0.3, 0.4) is 0 Å². The van der Waals surface area contributed by atoms with Gasteiger partial charge in [-0.25, -0.2) is 8.42 Å². The van der Waals surface area contributed by atoms with E-state index in [2.05, 4.69) is 5.32 Å². The molecule has 20 heavy (non-hydrogen) atoms. The standard InChI is InChI=1S/C13H17F2NO3S/c1-9(10-6-7-19-8-10)16-11-2-4-12(5-3-11)20(17,18)13(14)15/h2-5,9-10,13,16H,6-8H2,1H3. The van der Waals surface area contributed by atoms with Crippen LogP contribution >= 0.6 is 0 Å². The third-order valence-electron chi connectivity index (χ3n) is 3.48. The summed E-state index contributed by atoms with van der Waals surface area (Å²) in [6.07, 6.45) is 0.978. The topological polar surface area (TPSA) is 55.4 Å². The van der Waals surface area contributed by atoms with Gasteiger partial charge in [0.15, 0.2) is 0 Å². The molecule has 0 spiro atoms. The minimum absolute atomic E-state index is 0.176. The number of nitrogens with one attached hydrogen (secondary N) is 1. The van der Waals surface area contributed by atoms with Gasteiger partial charge in [0, 0.05) is 24.3 Å². The van der Waals surface area contributed by atoms with Crippen molar-refractivity contribution >= 4 is 15.5 Å². The van der Waals surface area contributed by atoms with Crippen LogP contribution in [0, 0.1) is 5.92 Å². The van der Waals surface area contributed by atoms with E-state index in [1.807, 2.05) is 6.92 Å². The highest BCUT2D eigenvalue weighted by Crippen LogP contribution is 2.23. The molecule has 112 valence electrons. The van der Waals surface area contributed by atoms with Crippen molar-refractivity contribution in [1.82, 2.24) is 0 Å². The van der Waals surface area contributed by atoms with Gasteiger partial charge in [0.1, 0.15) is 0 Å². The Kier molecular flexibility index (Phi) is 4.59. The van der Waals surface area contributed by atoms with Crippen molar-refractivity contribution in [3.63, 3.8) is 0 Å². The van der Waals surface area contributed by atoms with Crippen LogP contribution in [0.1, 0.15) is 13.3 Å².